The monoisotopic (exact) mass is 448 g/mol. The summed E-state index contributed by atoms with van der Waals surface area (Å²) in [7, 11) is 0. The average molecular weight is 449 g/mol. The van der Waals surface area contributed by atoms with Crippen molar-refractivity contribution in [3.63, 3.8) is 0 Å². The molecular formula is C30H40O3. The molecule has 0 aliphatic rings. The molecule has 2 aromatic carbocycles. The van der Waals surface area contributed by atoms with Gasteiger partial charge in [0.15, 0.2) is 5.78 Å². The number of aryl methyl sites for hydroxylation is 2. The van der Waals surface area contributed by atoms with Crippen LogP contribution in [0.25, 0.3) is 11.1 Å². The Hall–Kier alpha value is -2.55. The van der Waals surface area contributed by atoms with Crippen molar-refractivity contribution in [2.45, 2.75) is 86.5 Å². The first kappa shape index (κ1) is 26.7. The molecule has 2 aromatic rings. The number of hydrogen-bond donors (Lipinski definition) is 0. The quantitative estimate of drug-likeness (QED) is 0.236. The fourth-order valence-corrected chi connectivity index (χ4v) is 5.18. The fourth-order valence-electron chi connectivity index (χ4n) is 5.18. The lowest BCUT2D eigenvalue weighted by atomic mass is 9.78. The van der Waals surface area contributed by atoms with Crippen LogP contribution in [-0.4, -0.2) is 17.3 Å². The summed E-state index contributed by atoms with van der Waals surface area (Å²) >= 11 is 0. The summed E-state index contributed by atoms with van der Waals surface area (Å²) in [6, 6.07) is 12.6. The molecule has 0 saturated heterocycles. The maximum atomic E-state index is 12.7. The molecular weight excluding hydrogens is 408 g/mol. The predicted molar refractivity (Wildman–Crippen MR) is 137 cm³/mol. The van der Waals surface area contributed by atoms with Crippen LogP contribution in [0.3, 0.4) is 0 Å². The molecule has 3 nitrogen and oxygen atoms in total. The van der Waals surface area contributed by atoms with Crippen molar-refractivity contribution in [1.82, 2.24) is 0 Å². The van der Waals surface area contributed by atoms with E-state index in [0.29, 0.717) is 0 Å². The molecule has 2 atom stereocenters. The van der Waals surface area contributed by atoms with Crippen LogP contribution in [0.4, 0.5) is 0 Å². The standard InChI is InChI=1S/C30H40O3/c1-7-10-24(26(8-2)29(33)19-22(5)31)11-9-12-28-27(25-16-13-20(3)14-17-25)18-15-21(4)30(28)23(6)32/h13-18,24,26H,7-12,19H2,1-6H3. The molecule has 3 heteroatoms. The first-order valence-corrected chi connectivity index (χ1v) is 12.4. The summed E-state index contributed by atoms with van der Waals surface area (Å²) in [5, 5.41) is 0. The lowest BCUT2D eigenvalue weighted by molar-refractivity contribution is -0.129. The minimum Gasteiger partial charge on any atom is -0.300 e. The second kappa shape index (κ2) is 12.6. The normalized spacial score (nSPS) is 12.9. The largest absolute Gasteiger partial charge is 0.300 e. The topological polar surface area (TPSA) is 51.2 Å². The third-order valence-corrected chi connectivity index (χ3v) is 6.74. The Bertz CT molecular complexity index is 969. The van der Waals surface area contributed by atoms with Crippen LogP contribution in [0.5, 0.6) is 0 Å². The fraction of sp³-hybridized carbons (Fsp3) is 0.500. The molecule has 0 aliphatic heterocycles. The van der Waals surface area contributed by atoms with Crippen LogP contribution >= 0.6 is 0 Å². The van der Waals surface area contributed by atoms with Gasteiger partial charge in [-0.25, -0.2) is 0 Å². The zero-order chi connectivity index (χ0) is 24.5. The van der Waals surface area contributed by atoms with Crippen LogP contribution in [0.1, 0.15) is 93.3 Å². The van der Waals surface area contributed by atoms with Gasteiger partial charge in [0.2, 0.25) is 0 Å². The van der Waals surface area contributed by atoms with Crippen molar-refractivity contribution in [3.05, 3.63) is 58.7 Å². The first-order valence-electron chi connectivity index (χ1n) is 12.4. The van der Waals surface area contributed by atoms with Gasteiger partial charge in [0, 0.05) is 11.5 Å². The Labute approximate surface area is 200 Å². The number of carbonyl (C=O) groups excluding carboxylic acids is 3. The second-order valence-electron chi connectivity index (χ2n) is 9.51. The van der Waals surface area contributed by atoms with E-state index in [0.717, 1.165) is 66.3 Å². The molecule has 0 amide bonds. The zero-order valence-electron chi connectivity index (χ0n) is 21.3. The number of Topliss-reactive ketones (excluding diaryl/α,β-unsaturated/α-hetero) is 3. The van der Waals surface area contributed by atoms with E-state index in [9.17, 15) is 14.4 Å². The van der Waals surface area contributed by atoms with Crippen molar-refractivity contribution < 1.29 is 14.4 Å². The molecule has 33 heavy (non-hydrogen) atoms. The molecule has 0 fully saturated rings. The van der Waals surface area contributed by atoms with Crippen molar-refractivity contribution in [1.29, 1.82) is 0 Å². The van der Waals surface area contributed by atoms with Crippen LogP contribution in [0.15, 0.2) is 36.4 Å². The minimum absolute atomic E-state index is 0.0443. The first-order chi connectivity index (χ1) is 15.7. The molecule has 178 valence electrons. The highest BCUT2D eigenvalue weighted by Gasteiger charge is 2.27. The second-order valence-corrected chi connectivity index (χ2v) is 9.51. The Morgan fingerprint density at radius 3 is 2.09 bits per heavy atom. The SMILES string of the molecule is CCCC(CCCc1c(-c2ccc(C)cc2)ccc(C)c1C(C)=O)C(CC)C(=O)CC(C)=O. The number of hydrogen-bond acceptors (Lipinski definition) is 3. The van der Waals surface area contributed by atoms with E-state index in [1.54, 1.807) is 6.92 Å². The van der Waals surface area contributed by atoms with Gasteiger partial charge in [-0.1, -0.05) is 68.7 Å². The molecule has 0 spiro atoms. The van der Waals surface area contributed by atoms with Crippen LogP contribution < -0.4 is 0 Å². The van der Waals surface area contributed by atoms with E-state index in [2.05, 4.69) is 51.1 Å². The maximum Gasteiger partial charge on any atom is 0.160 e. The Morgan fingerprint density at radius 2 is 1.55 bits per heavy atom. The number of ketones is 3. The van der Waals surface area contributed by atoms with E-state index in [4.69, 9.17) is 0 Å². The van der Waals surface area contributed by atoms with E-state index < -0.39 is 0 Å². The van der Waals surface area contributed by atoms with Gasteiger partial charge in [-0.15, -0.1) is 0 Å². The predicted octanol–water partition coefficient (Wildman–Crippen LogP) is 7.49. The van der Waals surface area contributed by atoms with Gasteiger partial charge in [-0.3, -0.25) is 14.4 Å². The highest BCUT2D eigenvalue weighted by Crippen LogP contribution is 2.33. The van der Waals surface area contributed by atoms with Crippen molar-refractivity contribution >= 4 is 17.3 Å². The summed E-state index contributed by atoms with van der Waals surface area (Å²) in [4.78, 5) is 36.8. The van der Waals surface area contributed by atoms with Gasteiger partial charge in [0.05, 0.1) is 6.42 Å². The smallest absolute Gasteiger partial charge is 0.160 e. The van der Waals surface area contributed by atoms with E-state index in [-0.39, 0.29) is 35.6 Å². The molecule has 0 radical (unpaired) electrons. The van der Waals surface area contributed by atoms with Gasteiger partial charge >= 0.3 is 0 Å². The average Bonchev–Trinajstić information content (AvgIpc) is 2.74. The van der Waals surface area contributed by atoms with Gasteiger partial charge in [-0.2, -0.15) is 0 Å². The van der Waals surface area contributed by atoms with E-state index in [1.165, 1.54) is 12.5 Å². The highest BCUT2D eigenvalue weighted by molar-refractivity contribution is 5.99. The van der Waals surface area contributed by atoms with Gasteiger partial charge in [0.1, 0.15) is 11.6 Å². The molecule has 2 unspecified atom stereocenters. The summed E-state index contributed by atoms with van der Waals surface area (Å²) < 4.78 is 0. The number of carbonyl (C=O) groups is 3. The number of benzene rings is 2. The lowest BCUT2D eigenvalue weighted by Crippen LogP contribution is -2.25. The summed E-state index contributed by atoms with van der Waals surface area (Å²) in [5.74, 6) is 0.353. The molecule has 0 aromatic heterocycles. The van der Waals surface area contributed by atoms with Gasteiger partial charge < -0.3 is 0 Å². The lowest BCUT2D eigenvalue weighted by Gasteiger charge is -2.25. The summed E-state index contributed by atoms with van der Waals surface area (Å²) in [6.07, 6.45) is 5.47. The van der Waals surface area contributed by atoms with Crippen LogP contribution in [0.2, 0.25) is 0 Å². The molecule has 0 bridgehead atoms. The Balaban J connectivity index is 2.32. The van der Waals surface area contributed by atoms with Crippen molar-refractivity contribution in [2.24, 2.45) is 11.8 Å². The molecule has 0 N–H and O–H groups in total. The molecule has 0 heterocycles. The zero-order valence-corrected chi connectivity index (χ0v) is 21.3. The number of rotatable bonds is 13. The van der Waals surface area contributed by atoms with Crippen molar-refractivity contribution in [2.75, 3.05) is 0 Å². The Kier molecular flexibility index (Phi) is 10.2. The highest BCUT2D eigenvalue weighted by atomic mass is 16.1. The molecule has 0 saturated carbocycles. The van der Waals surface area contributed by atoms with Crippen LogP contribution in [-0.2, 0) is 16.0 Å². The summed E-state index contributed by atoms with van der Waals surface area (Å²) in [5.41, 5.74) is 6.43. The molecule has 0 aliphatic carbocycles. The molecule has 2 rings (SSSR count). The van der Waals surface area contributed by atoms with Gasteiger partial charge in [0.25, 0.3) is 0 Å². The van der Waals surface area contributed by atoms with Crippen LogP contribution in [0, 0.1) is 25.7 Å². The van der Waals surface area contributed by atoms with Gasteiger partial charge in [-0.05, 0) is 81.5 Å². The van der Waals surface area contributed by atoms with Crippen molar-refractivity contribution in [3.8, 4) is 11.1 Å². The summed E-state index contributed by atoms with van der Waals surface area (Å²) in [6.45, 7) is 11.4. The van der Waals surface area contributed by atoms with E-state index in [1.807, 2.05) is 13.0 Å². The minimum atomic E-state index is -0.0600. The third kappa shape index (κ3) is 7.22. The Morgan fingerprint density at radius 1 is 0.879 bits per heavy atom. The van der Waals surface area contributed by atoms with E-state index >= 15 is 0 Å². The maximum absolute atomic E-state index is 12.7. The third-order valence-electron chi connectivity index (χ3n) is 6.74.